The van der Waals surface area contributed by atoms with E-state index in [1.165, 1.54) is 11.6 Å². The number of alkyl halides is 3. The smallest absolute Gasteiger partial charge is 0.304 e. The maximum atomic E-state index is 11.5. The maximum absolute atomic E-state index is 11.5. The molecule has 0 atom stereocenters. The van der Waals surface area contributed by atoms with Crippen LogP contribution in [0.15, 0.2) is 16.4 Å². The van der Waals surface area contributed by atoms with E-state index in [0.717, 1.165) is 15.9 Å². The van der Waals surface area contributed by atoms with Crippen LogP contribution in [0, 0.1) is 0 Å². The molecule has 1 aromatic heterocycles. The normalized spacial score (nSPS) is 11.9. The summed E-state index contributed by atoms with van der Waals surface area (Å²) in [6, 6.07) is 0. The third-order valence-corrected chi connectivity index (χ3v) is 1.94. The van der Waals surface area contributed by atoms with E-state index in [-0.39, 0.29) is 11.4 Å². The first kappa shape index (κ1) is 10.3. The van der Waals surface area contributed by atoms with Gasteiger partial charge < -0.3 is 4.57 Å². The molecule has 0 saturated carbocycles. The molecule has 13 heavy (non-hydrogen) atoms. The highest BCUT2D eigenvalue weighted by molar-refractivity contribution is 7.07. The van der Waals surface area contributed by atoms with Crippen LogP contribution >= 0.6 is 11.3 Å². The van der Waals surface area contributed by atoms with Gasteiger partial charge in [-0.05, 0) is 0 Å². The summed E-state index contributed by atoms with van der Waals surface area (Å²) in [6.07, 6.45) is -3.20. The Balaban J connectivity index is 2.37. The second kappa shape index (κ2) is 3.93. The van der Waals surface area contributed by atoms with Crippen molar-refractivity contribution in [2.24, 2.45) is 0 Å². The minimum Gasteiger partial charge on any atom is -0.304 e. The summed E-state index contributed by atoms with van der Waals surface area (Å²) in [4.78, 5) is 10.5. The Hall–Kier alpha value is -0.820. The molecular weight excluding hydrogens is 207 g/mol. The first-order chi connectivity index (χ1) is 5.99. The lowest BCUT2D eigenvalue weighted by Gasteiger charge is -2.06. The summed E-state index contributed by atoms with van der Waals surface area (Å²) in [7, 11) is 0. The van der Waals surface area contributed by atoms with Crippen LogP contribution in [0.5, 0.6) is 0 Å². The number of hydrogen-bond donors (Lipinski definition) is 0. The average Bonchev–Trinajstić information content (AvgIpc) is 2.34. The van der Waals surface area contributed by atoms with Crippen LogP contribution in [0.2, 0.25) is 0 Å². The summed E-state index contributed by atoms with van der Waals surface area (Å²) in [6.45, 7) is -0.623. The highest BCUT2D eigenvalue weighted by atomic mass is 32.1. The van der Waals surface area contributed by atoms with Crippen LogP contribution in [-0.4, -0.2) is 17.5 Å². The molecular formula is C6H6F3NO2S. The van der Waals surface area contributed by atoms with E-state index >= 15 is 0 Å². The van der Waals surface area contributed by atoms with E-state index in [1.807, 2.05) is 0 Å². The second-order valence-corrected chi connectivity index (χ2v) is 3.01. The van der Waals surface area contributed by atoms with Gasteiger partial charge in [-0.2, -0.15) is 0 Å². The van der Waals surface area contributed by atoms with Crippen molar-refractivity contribution in [1.29, 1.82) is 0 Å². The minimum atomic E-state index is -4.63. The third-order valence-electron chi connectivity index (χ3n) is 1.24. The molecule has 3 nitrogen and oxygen atoms in total. The Morgan fingerprint density at radius 3 is 2.69 bits per heavy atom. The second-order valence-electron chi connectivity index (χ2n) is 2.16. The third kappa shape index (κ3) is 3.60. The molecule has 0 aliphatic rings. The van der Waals surface area contributed by atoms with Crippen molar-refractivity contribution >= 4 is 11.3 Å². The van der Waals surface area contributed by atoms with Crippen molar-refractivity contribution in [2.45, 2.75) is 12.9 Å². The zero-order valence-corrected chi connectivity index (χ0v) is 7.19. The zero-order valence-electron chi connectivity index (χ0n) is 6.37. The highest BCUT2D eigenvalue weighted by Crippen LogP contribution is 2.15. The Labute approximate surface area is 75.4 Å². The van der Waals surface area contributed by atoms with Crippen molar-refractivity contribution in [3.05, 3.63) is 21.2 Å². The van der Waals surface area contributed by atoms with Gasteiger partial charge in [0, 0.05) is 11.6 Å². The van der Waals surface area contributed by atoms with Crippen molar-refractivity contribution in [3.63, 3.8) is 0 Å². The summed E-state index contributed by atoms with van der Waals surface area (Å²) < 4.78 is 39.1. The van der Waals surface area contributed by atoms with Gasteiger partial charge in [-0.3, -0.25) is 9.53 Å². The number of rotatable bonds is 3. The van der Waals surface area contributed by atoms with Crippen molar-refractivity contribution in [1.82, 2.24) is 4.57 Å². The molecule has 7 heteroatoms. The molecule has 0 fully saturated rings. The van der Waals surface area contributed by atoms with Crippen LogP contribution in [0.1, 0.15) is 0 Å². The number of hydrogen-bond acceptors (Lipinski definition) is 3. The van der Waals surface area contributed by atoms with E-state index in [2.05, 4.69) is 4.74 Å². The summed E-state index contributed by atoms with van der Waals surface area (Å²) >= 11 is 0.933. The van der Waals surface area contributed by atoms with E-state index in [9.17, 15) is 18.0 Å². The summed E-state index contributed by atoms with van der Waals surface area (Å²) in [5.74, 6) is 0. The monoisotopic (exact) mass is 213 g/mol. The van der Waals surface area contributed by atoms with Crippen LogP contribution in [0.3, 0.4) is 0 Å². The molecule has 1 aromatic rings. The number of aromatic nitrogens is 1. The van der Waals surface area contributed by atoms with Gasteiger partial charge in [0.05, 0.1) is 13.2 Å². The number of thiazole rings is 1. The predicted octanol–water partition coefficient (Wildman–Crippen LogP) is 1.45. The topological polar surface area (TPSA) is 31.2 Å². The van der Waals surface area contributed by atoms with Gasteiger partial charge in [0.25, 0.3) is 0 Å². The number of ether oxygens (including phenoxy) is 1. The molecule has 0 amide bonds. The predicted molar refractivity (Wildman–Crippen MR) is 40.6 cm³/mol. The molecule has 0 bridgehead atoms. The van der Waals surface area contributed by atoms with Gasteiger partial charge in [-0.1, -0.05) is 11.3 Å². The lowest BCUT2D eigenvalue weighted by atomic mass is 10.6. The van der Waals surface area contributed by atoms with Gasteiger partial charge in [0.2, 0.25) is 0 Å². The Morgan fingerprint density at radius 2 is 2.23 bits per heavy atom. The van der Waals surface area contributed by atoms with Crippen LogP contribution in [0.25, 0.3) is 0 Å². The van der Waals surface area contributed by atoms with Crippen molar-refractivity contribution in [2.75, 3.05) is 6.61 Å². The van der Waals surface area contributed by atoms with Crippen molar-refractivity contribution in [3.8, 4) is 0 Å². The van der Waals surface area contributed by atoms with E-state index < -0.39 is 13.0 Å². The molecule has 0 aliphatic heterocycles. The average molecular weight is 213 g/mol. The van der Waals surface area contributed by atoms with E-state index in [0.29, 0.717) is 0 Å². The largest absolute Gasteiger partial charge is 0.522 e. The fraction of sp³-hybridized carbons (Fsp3) is 0.500. The fourth-order valence-corrected chi connectivity index (χ4v) is 1.33. The zero-order chi connectivity index (χ0) is 9.90. The Morgan fingerprint density at radius 1 is 1.54 bits per heavy atom. The molecule has 0 unspecified atom stereocenters. The van der Waals surface area contributed by atoms with Crippen LogP contribution in [0.4, 0.5) is 13.2 Å². The maximum Gasteiger partial charge on any atom is 0.522 e. The summed E-state index contributed by atoms with van der Waals surface area (Å²) in [5, 5.41) is 1.51. The van der Waals surface area contributed by atoms with Gasteiger partial charge in [0.1, 0.15) is 0 Å². The Bertz CT molecular complexity index is 316. The molecule has 1 rings (SSSR count). The SMILES string of the molecule is O=c1sccn1CCOC(F)(F)F. The molecule has 0 aromatic carbocycles. The first-order valence-corrected chi connectivity index (χ1v) is 4.21. The van der Waals surface area contributed by atoms with Crippen molar-refractivity contribution < 1.29 is 17.9 Å². The van der Waals surface area contributed by atoms with Gasteiger partial charge in [-0.15, -0.1) is 13.2 Å². The lowest BCUT2D eigenvalue weighted by molar-refractivity contribution is -0.325. The van der Waals surface area contributed by atoms with Gasteiger partial charge in [-0.25, -0.2) is 0 Å². The van der Waals surface area contributed by atoms with Gasteiger partial charge >= 0.3 is 11.2 Å². The molecule has 0 N–H and O–H groups in total. The van der Waals surface area contributed by atoms with E-state index in [4.69, 9.17) is 0 Å². The molecule has 0 radical (unpaired) electrons. The molecule has 0 aliphatic carbocycles. The number of halogens is 3. The molecule has 0 spiro atoms. The molecule has 0 saturated heterocycles. The molecule has 1 heterocycles. The summed E-state index contributed by atoms with van der Waals surface area (Å²) in [5.41, 5.74) is 0. The van der Waals surface area contributed by atoms with Crippen LogP contribution in [-0.2, 0) is 11.3 Å². The quantitative estimate of drug-likeness (QED) is 0.760. The van der Waals surface area contributed by atoms with E-state index in [1.54, 1.807) is 0 Å². The standard InChI is InChI=1S/C6H6F3NO2S/c7-6(8,9)12-3-1-10-2-4-13-5(10)11/h2,4H,1,3H2. The minimum absolute atomic E-state index is 0.0815. The Kier molecular flexibility index (Phi) is 3.10. The highest BCUT2D eigenvalue weighted by Gasteiger charge is 2.28. The lowest BCUT2D eigenvalue weighted by Crippen LogP contribution is -2.20. The first-order valence-electron chi connectivity index (χ1n) is 3.34. The van der Waals surface area contributed by atoms with Crippen LogP contribution < -0.4 is 4.87 Å². The number of nitrogens with zero attached hydrogens (tertiary/aromatic N) is 1. The fourth-order valence-electron chi connectivity index (χ4n) is 0.716. The van der Waals surface area contributed by atoms with Gasteiger partial charge in [0.15, 0.2) is 0 Å². The molecule has 74 valence electrons.